The molecule has 0 saturated heterocycles. The van der Waals surface area contributed by atoms with Crippen molar-refractivity contribution in [3.8, 4) is 0 Å². The summed E-state index contributed by atoms with van der Waals surface area (Å²) in [7, 11) is 0. The molecule has 21 heavy (non-hydrogen) atoms. The highest BCUT2D eigenvalue weighted by molar-refractivity contribution is 5.95. The number of carbonyl (C=O) groups is 1. The molecule has 0 spiro atoms. The third kappa shape index (κ3) is 3.53. The molecule has 0 bridgehead atoms. The summed E-state index contributed by atoms with van der Waals surface area (Å²) in [6, 6.07) is 2.75. The van der Waals surface area contributed by atoms with E-state index in [9.17, 15) is 22.4 Å². The van der Waals surface area contributed by atoms with Crippen molar-refractivity contribution < 1.29 is 22.4 Å². The van der Waals surface area contributed by atoms with Crippen molar-refractivity contribution in [2.24, 2.45) is 5.73 Å². The molecule has 0 radical (unpaired) electrons. The molecule has 1 aromatic carbocycles. The number of benzene rings is 1. The van der Waals surface area contributed by atoms with Crippen LogP contribution in [0.25, 0.3) is 0 Å². The summed E-state index contributed by atoms with van der Waals surface area (Å²) in [5.41, 5.74) is 3.44. The van der Waals surface area contributed by atoms with E-state index in [2.05, 4.69) is 0 Å². The van der Waals surface area contributed by atoms with Gasteiger partial charge in [0.2, 0.25) is 0 Å². The number of alkyl halides is 3. The molecule has 2 rings (SSSR count). The van der Waals surface area contributed by atoms with Crippen molar-refractivity contribution in [3.63, 3.8) is 0 Å². The van der Waals surface area contributed by atoms with Crippen LogP contribution in [0.4, 0.5) is 17.6 Å². The van der Waals surface area contributed by atoms with Gasteiger partial charge in [-0.05, 0) is 37.9 Å². The number of nitrogens with two attached hydrogens (primary N) is 1. The Labute approximate surface area is 119 Å². The highest BCUT2D eigenvalue weighted by atomic mass is 19.4. The van der Waals surface area contributed by atoms with E-state index >= 15 is 0 Å². The van der Waals surface area contributed by atoms with Crippen LogP contribution < -0.4 is 5.73 Å². The predicted octanol–water partition coefficient (Wildman–Crippen LogP) is 2.80. The van der Waals surface area contributed by atoms with Gasteiger partial charge in [-0.25, -0.2) is 4.39 Å². The lowest BCUT2D eigenvalue weighted by Gasteiger charge is -2.23. The Hall–Kier alpha value is -1.63. The Morgan fingerprint density at radius 1 is 1.33 bits per heavy atom. The van der Waals surface area contributed by atoms with Crippen LogP contribution in [-0.2, 0) is 6.18 Å². The number of halogens is 4. The van der Waals surface area contributed by atoms with E-state index < -0.39 is 29.0 Å². The summed E-state index contributed by atoms with van der Waals surface area (Å²) < 4.78 is 52.0. The Balaban J connectivity index is 2.29. The molecule has 1 amide bonds. The van der Waals surface area contributed by atoms with Gasteiger partial charge >= 0.3 is 6.18 Å². The van der Waals surface area contributed by atoms with Crippen LogP contribution in [0.2, 0.25) is 0 Å². The first kappa shape index (κ1) is 15.8. The average Bonchev–Trinajstić information content (AvgIpc) is 3.22. The first-order valence-corrected chi connectivity index (χ1v) is 6.73. The van der Waals surface area contributed by atoms with Gasteiger partial charge in [0, 0.05) is 12.6 Å². The molecule has 0 aliphatic heterocycles. The summed E-state index contributed by atoms with van der Waals surface area (Å²) in [6.07, 6.45) is -2.71. The molecule has 0 atom stereocenters. The van der Waals surface area contributed by atoms with Gasteiger partial charge in [-0.3, -0.25) is 4.79 Å². The monoisotopic (exact) mass is 304 g/mol. The van der Waals surface area contributed by atoms with Crippen molar-refractivity contribution >= 4 is 5.91 Å². The SMILES string of the molecule is NCCCN(C(=O)c1cccc(C(F)(F)F)c1F)C1CC1. The summed E-state index contributed by atoms with van der Waals surface area (Å²) in [5.74, 6) is -2.21. The van der Waals surface area contributed by atoms with Crippen molar-refractivity contribution in [2.75, 3.05) is 13.1 Å². The van der Waals surface area contributed by atoms with Gasteiger partial charge in [-0.15, -0.1) is 0 Å². The molecule has 1 aromatic rings. The van der Waals surface area contributed by atoms with Crippen molar-refractivity contribution in [3.05, 3.63) is 35.1 Å². The fourth-order valence-electron chi connectivity index (χ4n) is 2.17. The van der Waals surface area contributed by atoms with E-state index in [4.69, 9.17) is 5.73 Å². The van der Waals surface area contributed by atoms with Crippen LogP contribution in [-0.4, -0.2) is 29.9 Å². The predicted molar refractivity (Wildman–Crippen MR) is 69.1 cm³/mol. The van der Waals surface area contributed by atoms with Crippen LogP contribution in [0.1, 0.15) is 35.2 Å². The summed E-state index contributed by atoms with van der Waals surface area (Å²) >= 11 is 0. The molecule has 1 saturated carbocycles. The van der Waals surface area contributed by atoms with Crippen LogP contribution in [0.3, 0.4) is 0 Å². The maximum atomic E-state index is 14.0. The molecule has 0 aromatic heterocycles. The van der Waals surface area contributed by atoms with E-state index in [-0.39, 0.29) is 6.04 Å². The van der Waals surface area contributed by atoms with Gasteiger partial charge < -0.3 is 10.6 Å². The normalized spacial score (nSPS) is 15.1. The maximum Gasteiger partial charge on any atom is 0.419 e. The lowest BCUT2D eigenvalue weighted by Crippen LogP contribution is -2.35. The second-order valence-corrected chi connectivity index (χ2v) is 5.04. The fraction of sp³-hybridized carbons (Fsp3) is 0.500. The van der Waals surface area contributed by atoms with E-state index in [1.54, 1.807) is 0 Å². The van der Waals surface area contributed by atoms with Gasteiger partial charge in [0.15, 0.2) is 0 Å². The molecule has 1 aliphatic carbocycles. The minimum atomic E-state index is -4.82. The molecule has 7 heteroatoms. The number of amides is 1. The topological polar surface area (TPSA) is 46.3 Å². The average molecular weight is 304 g/mol. The van der Waals surface area contributed by atoms with E-state index in [0.717, 1.165) is 25.0 Å². The number of rotatable bonds is 5. The van der Waals surface area contributed by atoms with E-state index in [0.29, 0.717) is 25.6 Å². The maximum absolute atomic E-state index is 14.0. The first-order chi connectivity index (χ1) is 9.86. The van der Waals surface area contributed by atoms with Gasteiger partial charge in [0.1, 0.15) is 5.82 Å². The van der Waals surface area contributed by atoms with Crippen molar-refractivity contribution in [1.82, 2.24) is 4.90 Å². The Morgan fingerprint density at radius 3 is 2.52 bits per heavy atom. The zero-order chi connectivity index (χ0) is 15.6. The molecule has 3 nitrogen and oxygen atoms in total. The van der Waals surface area contributed by atoms with Gasteiger partial charge in [0.25, 0.3) is 5.91 Å². The quantitative estimate of drug-likeness (QED) is 0.850. The van der Waals surface area contributed by atoms with Crippen LogP contribution in [0.5, 0.6) is 0 Å². The summed E-state index contributed by atoms with van der Waals surface area (Å²) in [4.78, 5) is 13.7. The largest absolute Gasteiger partial charge is 0.419 e. The molecular formula is C14H16F4N2O. The van der Waals surface area contributed by atoms with Gasteiger partial charge in [-0.1, -0.05) is 6.07 Å². The zero-order valence-electron chi connectivity index (χ0n) is 11.3. The Morgan fingerprint density at radius 2 is 2.00 bits per heavy atom. The standard InChI is InChI=1S/C14H16F4N2O/c15-12-10(3-1-4-11(12)14(16,17)18)13(21)20(8-2-7-19)9-5-6-9/h1,3-4,9H,2,5-8,19H2. The van der Waals surface area contributed by atoms with Crippen LogP contribution in [0.15, 0.2) is 18.2 Å². The van der Waals surface area contributed by atoms with E-state index in [1.807, 2.05) is 0 Å². The highest BCUT2D eigenvalue weighted by Gasteiger charge is 2.38. The minimum Gasteiger partial charge on any atom is -0.336 e. The minimum absolute atomic E-state index is 0.0157. The second-order valence-electron chi connectivity index (χ2n) is 5.04. The van der Waals surface area contributed by atoms with Gasteiger partial charge in [-0.2, -0.15) is 13.2 Å². The first-order valence-electron chi connectivity index (χ1n) is 6.73. The molecule has 116 valence electrons. The third-order valence-electron chi connectivity index (χ3n) is 3.39. The van der Waals surface area contributed by atoms with Gasteiger partial charge in [0.05, 0.1) is 11.1 Å². The zero-order valence-corrected chi connectivity index (χ0v) is 11.3. The second kappa shape index (κ2) is 6.01. The molecule has 0 heterocycles. The number of hydrogen-bond acceptors (Lipinski definition) is 2. The van der Waals surface area contributed by atoms with E-state index in [1.165, 1.54) is 4.90 Å². The van der Waals surface area contributed by atoms with Crippen LogP contribution >= 0.6 is 0 Å². The van der Waals surface area contributed by atoms with Crippen molar-refractivity contribution in [1.29, 1.82) is 0 Å². The smallest absolute Gasteiger partial charge is 0.336 e. The van der Waals surface area contributed by atoms with Crippen LogP contribution in [0, 0.1) is 5.82 Å². The lowest BCUT2D eigenvalue weighted by atomic mass is 10.1. The summed E-state index contributed by atoms with van der Waals surface area (Å²) in [6.45, 7) is 0.692. The Bertz CT molecular complexity index is 526. The fourth-order valence-corrected chi connectivity index (χ4v) is 2.17. The Kier molecular flexibility index (Phi) is 4.51. The molecular weight excluding hydrogens is 288 g/mol. The highest BCUT2D eigenvalue weighted by Crippen LogP contribution is 2.34. The molecule has 1 fully saturated rings. The number of carbonyl (C=O) groups excluding carboxylic acids is 1. The number of hydrogen-bond donors (Lipinski definition) is 1. The summed E-state index contributed by atoms with van der Waals surface area (Å²) in [5, 5.41) is 0. The molecule has 0 unspecified atom stereocenters. The number of nitrogens with zero attached hydrogens (tertiary/aromatic N) is 1. The molecule has 2 N–H and O–H groups in total. The lowest BCUT2D eigenvalue weighted by molar-refractivity contribution is -0.140. The van der Waals surface area contributed by atoms with Crippen molar-refractivity contribution in [2.45, 2.75) is 31.5 Å². The molecule has 1 aliphatic rings. The third-order valence-corrected chi connectivity index (χ3v) is 3.39.